The smallest absolute Gasteiger partial charge is 0.326 e. The van der Waals surface area contributed by atoms with Crippen molar-refractivity contribution in [3.63, 3.8) is 0 Å². The molecule has 5 aliphatic carbocycles. The number of carboxylic acid groups (broad SMARTS) is 1. The van der Waals surface area contributed by atoms with Gasteiger partial charge in [0.05, 0.1) is 17.4 Å². The number of likely N-dealkylation sites (tertiary alicyclic amines) is 1. The van der Waals surface area contributed by atoms with Gasteiger partial charge in [0.1, 0.15) is 6.04 Å². The monoisotopic (exact) mass is 512 g/mol. The number of aliphatic carboxylic acids is 1. The van der Waals surface area contributed by atoms with Gasteiger partial charge in [-0.05, 0) is 41.9 Å². The second-order valence-corrected chi connectivity index (χ2v) is 11.9. The summed E-state index contributed by atoms with van der Waals surface area (Å²) in [6.45, 7) is 3.88. The minimum Gasteiger partial charge on any atom is -0.480 e. The van der Waals surface area contributed by atoms with E-state index in [0.717, 1.165) is 0 Å². The maximum atomic E-state index is 13.3. The number of thiol groups is 1. The maximum absolute atomic E-state index is 13.3. The average molecular weight is 513 g/mol. The molecule has 1 saturated heterocycles. The van der Waals surface area contributed by atoms with E-state index in [9.17, 15) is 29.1 Å². The van der Waals surface area contributed by atoms with Crippen molar-refractivity contribution in [2.24, 2.45) is 40.9 Å². The van der Waals surface area contributed by atoms with Crippen LogP contribution in [0.5, 0.6) is 0 Å². The summed E-state index contributed by atoms with van der Waals surface area (Å²) in [5, 5.41) is 12.4. The third-order valence-electron chi connectivity index (χ3n) is 8.54. The summed E-state index contributed by atoms with van der Waals surface area (Å²) in [4.78, 5) is 65.4. The highest BCUT2D eigenvalue weighted by atomic mass is 32.1. The van der Waals surface area contributed by atoms with Crippen molar-refractivity contribution in [1.29, 1.82) is 0 Å². The molecule has 3 fully saturated rings. The lowest BCUT2D eigenvalue weighted by molar-refractivity contribution is -0.140. The van der Waals surface area contributed by atoms with E-state index in [1.807, 2.05) is 13.8 Å². The van der Waals surface area contributed by atoms with Gasteiger partial charge in [0.2, 0.25) is 11.8 Å². The molecule has 0 aromatic heterocycles. The van der Waals surface area contributed by atoms with Gasteiger partial charge in [-0.15, -0.1) is 0 Å². The van der Waals surface area contributed by atoms with Crippen LogP contribution in [0.15, 0.2) is 35.6 Å². The van der Waals surface area contributed by atoms with Gasteiger partial charge in [0.25, 0.3) is 0 Å². The van der Waals surface area contributed by atoms with Crippen LogP contribution in [0.1, 0.15) is 39.5 Å². The van der Waals surface area contributed by atoms with Crippen LogP contribution in [-0.2, 0) is 24.0 Å². The largest absolute Gasteiger partial charge is 0.480 e. The van der Waals surface area contributed by atoms with Crippen LogP contribution < -0.4 is 5.32 Å². The zero-order valence-corrected chi connectivity index (χ0v) is 21.4. The van der Waals surface area contributed by atoms with Crippen molar-refractivity contribution in [2.45, 2.75) is 45.6 Å². The number of carbonyl (C=O) groups excluding carboxylic acids is 4. The average Bonchev–Trinajstić information content (AvgIpc) is 3.01. The first-order chi connectivity index (χ1) is 17.0. The lowest BCUT2D eigenvalue weighted by atomic mass is 9.50. The lowest BCUT2D eigenvalue weighted by Gasteiger charge is -2.51. The predicted octanol–water partition coefficient (Wildman–Crippen LogP) is 2.17. The molecule has 1 heterocycles. The molecule has 2 saturated carbocycles. The number of carbonyl (C=O) groups is 5. The second kappa shape index (κ2) is 9.01. The molecule has 2 bridgehead atoms. The predicted molar refractivity (Wildman–Crippen MR) is 134 cm³/mol. The Morgan fingerprint density at radius 1 is 1.00 bits per heavy atom. The number of rotatable bonds is 8. The van der Waals surface area contributed by atoms with Gasteiger partial charge < -0.3 is 10.4 Å². The third-order valence-corrected chi connectivity index (χ3v) is 8.90. The Labute approximate surface area is 215 Å². The van der Waals surface area contributed by atoms with Crippen molar-refractivity contribution in [1.82, 2.24) is 10.2 Å². The minimum atomic E-state index is -1.14. The van der Waals surface area contributed by atoms with Gasteiger partial charge in [-0.1, -0.05) is 38.2 Å². The van der Waals surface area contributed by atoms with E-state index < -0.39 is 17.4 Å². The van der Waals surface area contributed by atoms with Gasteiger partial charge in [-0.2, -0.15) is 12.6 Å². The van der Waals surface area contributed by atoms with Crippen LogP contribution in [0, 0.1) is 40.9 Å². The maximum Gasteiger partial charge on any atom is 0.326 e. The number of hydrogen-bond donors (Lipinski definition) is 3. The highest BCUT2D eigenvalue weighted by Gasteiger charge is 2.62. The van der Waals surface area contributed by atoms with E-state index in [-0.39, 0.29) is 89.9 Å². The van der Waals surface area contributed by atoms with Crippen LogP contribution in [0.2, 0.25) is 0 Å². The molecule has 6 aliphatic rings. The molecule has 6 rings (SSSR count). The SMILES string of the molecule is CC1(C)CC(=O)C(=C(CCCN2C(=O)C3C4C=CC(C5C=CC54)C3C2=O)NC(CS)C(=O)O)C(=O)C1. The molecular weight excluding hydrogens is 480 g/mol. The zero-order chi connectivity index (χ0) is 25.9. The molecule has 0 aromatic rings. The number of imide groups is 1. The van der Waals surface area contributed by atoms with E-state index in [0.29, 0.717) is 18.3 Å². The summed E-state index contributed by atoms with van der Waals surface area (Å²) in [7, 11) is 0. The number of amides is 2. The number of allylic oxidation sites excluding steroid dienone is 6. The molecular formula is C27H32N2O6S. The molecule has 7 atom stereocenters. The van der Waals surface area contributed by atoms with Crippen LogP contribution in [0.25, 0.3) is 0 Å². The molecule has 192 valence electrons. The highest BCUT2D eigenvalue weighted by molar-refractivity contribution is 7.80. The van der Waals surface area contributed by atoms with Crippen molar-refractivity contribution >= 4 is 42.0 Å². The standard InChI is InChI=1S/C27H32N2O6S/c1-27(2)10-19(30)23(20(31)11-27)17(28-18(12-36)26(34)35)4-3-9-29-24(32)21-15-7-8-16(22(21)25(29)33)14-6-5-13(14)15/h5-8,13-16,18,21-22,28,36H,3-4,9-12H2,1-2H3,(H,34,35). The first kappa shape index (κ1) is 25.0. The Morgan fingerprint density at radius 3 is 1.94 bits per heavy atom. The fraction of sp³-hybridized carbons (Fsp3) is 0.593. The summed E-state index contributed by atoms with van der Waals surface area (Å²) in [6, 6.07) is -1.08. The van der Waals surface area contributed by atoms with Gasteiger partial charge in [-0.3, -0.25) is 24.1 Å². The summed E-state index contributed by atoms with van der Waals surface area (Å²) in [5.41, 5.74) is -0.173. The third kappa shape index (κ3) is 3.96. The van der Waals surface area contributed by atoms with E-state index >= 15 is 0 Å². The van der Waals surface area contributed by atoms with Crippen LogP contribution in [-0.4, -0.2) is 57.7 Å². The van der Waals surface area contributed by atoms with Crippen molar-refractivity contribution in [3.05, 3.63) is 35.6 Å². The van der Waals surface area contributed by atoms with Gasteiger partial charge >= 0.3 is 5.97 Å². The number of carboxylic acids is 1. The van der Waals surface area contributed by atoms with Gasteiger partial charge in [0.15, 0.2) is 11.6 Å². The molecule has 0 radical (unpaired) electrons. The van der Waals surface area contributed by atoms with E-state index in [1.54, 1.807) is 0 Å². The van der Waals surface area contributed by atoms with Gasteiger partial charge in [-0.25, -0.2) is 4.79 Å². The van der Waals surface area contributed by atoms with E-state index in [1.165, 1.54) is 4.90 Å². The lowest BCUT2D eigenvalue weighted by Crippen LogP contribution is -2.50. The Balaban J connectivity index is 1.33. The zero-order valence-electron chi connectivity index (χ0n) is 20.5. The van der Waals surface area contributed by atoms with Crippen LogP contribution >= 0.6 is 12.6 Å². The number of hydrogen-bond acceptors (Lipinski definition) is 7. The molecule has 1 aliphatic heterocycles. The van der Waals surface area contributed by atoms with Crippen molar-refractivity contribution < 1.29 is 29.1 Å². The van der Waals surface area contributed by atoms with E-state index in [2.05, 4.69) is 42.2 Å². The Bertz CT molecular complexity index is 1080. The molecule has 2 amide bonds. The Kier molecular flexibility index (Phi) is 6.25. The molecule has 36 heavy (non-hydrogen) atoms. The Hall–Kier alpha value is -2.68. The van der Waals surface area contributed by atoms with Crippen LogP contribution in [0.3, 0.4) is 0 Å². The van der Waals surface area contributed by atoms with Crippen molar-refractivity contribution in [3.8, 4) is 0 Å². The van der Waals surface area contributed by atoms with Crippen LogP contribution in [0.4, 0.5) is 0 Å². The molecule has 8 nitrogen and oxygen atoms in total. The molecule has 2 N–H and O–H groups in total. The van der Waals surface area contributed by atoms with Gasteiger partial charge in [0, 0.05) is 30.8 Å². The molecule has 9 heteroatoms. The summed E-state index contributed by atoms with van der Waals surface area (Å²) in [5.74, 6) is -1.94. The topological polar surface area (TPSA) is 121 Å². The fourth-order valence-corrected chi connectivity index (χ4v) is 7.10. The fourth-order valence-electron chi connectivity index (χ4n) is 6.85. The number of Topliss-reactive ketones (excluding diaryl/α,β-unsaturated/α-hetero) is 2. The first-order valence-corrected chi connectivity index (χ1v) is 13.3. The van der Waals surface area contributed by atoms with E-state index in [4.69, 9.17) is 0 Å². The summed E-state index contributed by atoms with van der Waals surface area (Å²) in [6.07, 6.45) is 9.37. The summed E-state index contributed by atoms with van der Waals surface area (Å²) >= 11 is 4.10. The normalized spacial score (nSPS) is 34.4. The minimum absolute atomic E-state index is 0.0139. The highest BCUT2D eigenvalue weighted by Crippen LogP contribution is 2.58. The second-order valence-electron chi connectivity index (χ2n) is 11.5. The summed E-state index contributed by atoms with van der Waals surface area (Å²) < 4.78 is 0. The molecule has 0 aromatic carbocycles. The number of ketones is 2. The quantitative estimate of drug-likeness (QED) is 0.150. The molecule has 0 spiro atoms. The number of nitrogens with zero attached hydrogens (tertiary/aromatic N) is 1. The van der Waals surface area contributed by atoms with Crippen molar-refractivity contribution in [2.75, 3.05) is 12.3 Å². The molecule has 7 unspecified atom stereocenters. The Morgan fingerprint density at radius 2 is 1.50 bits per heavy atom. The number of nitrogens with one attached hydrogen (secondary N) is 1. The first-order valence-electron chi connectivity index (χ1n) is 12.7.